The number of nitrogens with one attached hydrogen (secondary N) is 2. The maximum absolute atomic E-state index is 13.8. The van der Waals surface area contributed by atoms with Gasteiger partial charge in [0.1, 0.15) is 6.04 Å². The molecular formula is C37H45N5O5S. The van der Waals surface area contributed by atoms with Crippen molar-refractivity contribution in [3.63, 3.8) is 0 Å². The van der Waals surface area contributed by atoms with Gasteiger partial charge in [-0.2, -0.15) is 0 Å². The summed E-state index contributed by atoms with van der Waals surface area (Å²) in [6.07, 6.45) is 2.88. The van der Waals surface area contributed by atoms with E-state index in [4.69, 9.17) is 0 Å². The summed E-state index contributed by atoms with van der Waals surface area (Å²) in [5.41, 5.74) is 1.36. The highest BCUT2D eigenvalue weighted by Crippen LogP contribution is 2.28. The van der Waals surface area contributed by atoms with E-state index in [0.29, 0.717) is 30.7 Å². The van der Waals surface area contributed by atoms with E-state index >= 15 is 0 Å². The SMILES string of the molecule is CCCCC(=O)N[C@@H]1C[C@H]2CSc3cccc(c3)C(=O)N(C)[C@@H](C(=O)NCc3ccc4ccccc4c3)CCC(=O)N(C)CC(=O)N2C1. The van der Waals surface area contributed by atoms with Gasteiger partial charge in [0.15, 0.2) is 0 Å². The quantitative estimate of drug-likeness (QED) is 0.389. The number of unbranched alkanes of at least 4 members (excludes halogenated alkanes) is 1. The molecule has 0 aromatic heterocycles. The van der Waals surface area contributed by atoms with Crippen molar-refractivity contribution in [1.82, 2.24) is 25.3 Å². The fourth-order valence-electron chi connectivity index (χ4n) is 6.37. The van der Waals surface area contributed by atoms with Crippen LogP contribution in [0.25, 0.3) is 10.8 Å². The molecule has 0 radical (unpaired) electrons. The van der Waals surface area contributed by atoms with E-state index < -0.39 is 6.04 Å². The summed E-state index contributed by atoms with van der Waals surface area (Å²) in [6.45, 7) is 2.58. The zero-order valence-electron chi connectivity index (χ0n) is 27.9. The molecule has 11 heteroatoms. The number of amides is 5. The van der Waals surface area contributed by atoms with Crippen LogP contribution >= 0.6 is 11.8 Å². The van der Waals surface area contributed by atoms with Crippen LogP contribution in [0.2, 0.25) is 0 Å². The van der Waals surface area contributed by atoms with Gasteiger partial charge in [-0.1, -0.05) is 55.8 Å². The van der Waals surface area contributed by atoms with Gasteiger partial charge in [-0.15, -0.1) is 11.8 Å². The van der Waals surface area contributed by atoms with E-state index in [-0.39, 0.29) is 67.6 Å². The first kappa shape index (κ1) is 34.9. The van der Waals surface area contributed by atoms with Gasteiger partial charge in [0, 0.05) is 68.3 Å². The van der Waals surface area contributed by atoms with Crippen LogP contribution in [-0.2, 0) is 25.7 Å². The molecular weight excluding hydrogens is 627 g/mol. The highest BCUT2D eigenvalue weighted by molar-refractivity contribution is 7.99. The van der Waals surface area contributed by atoms with Crippen LogP contribution in [-0.4, -0.2) is 95.3 Å². The predicted molar refractivity (Wildman–Crippen MR) is 187 cm³/mol. The largest absolute Gasteiger partial charge is 0.352 e. The molecule has 1 fully saturated rings. The Labute approximate surface area is 286 Å². The Kier molecular flexibility index (Phi) is 11.8. The molecule has 254 valence electrons. The standard InChI is InChI=1S/C37H45N5O5S/c1-4-5-13-33(43)39-29-20-30-24-48-31-12-8-11-28(19-31)37(47)41(3)32(16-17-34(44)40(2)23-35(45)42(30)22-29)36(46)38-21-25-14-15-26-9-6-7-10-27(26)18-25/h6-12,14-15,18-19,29-30,32H,4-5,13,16-17,20-24H2,1-3H3,(H,38,46)(H,39,43)/t29-,30+,32-/m1/s1. The Morgan fingerprint density at radius 3 is 2.52 bits per heavy atom. The zero-order valence-corrected chi connectivity index (χ0v) is 28.8. The minimum Gasteiger partial charge on any atom is -0.352 e. The molecule has 2 aliphatic rings. The number of rotatable bonds is 7. The fourth-order valence-corrected chi connectivity index (χ4v) is 7.45. The van der Waals surface area contributed by atoms with Crippen molar-refractivity contribution in [1.29, 1.82) is 0 Å². The fraction of sp³-hybridized carbons (Fsp3) is 0.432. The van der Waals surface area contributed by atoms with Crippen LogP contribution in [0.1, 0.15) is 61.4 Å². The number of hydrogen-bond donors (Lipinski definition) is 2. The van der Waals surface area contributed by atoms with Gasteiger partial charge in [0.05, 0.1) is 6.54 Å². The molecule has 5 rings (SSSR count). The van der Waals surface area contributed by atoms with Crippen LogP contribution in [0.4, 0.5) is 0 Å². The minimum atomic E-state index is -0.907. The lowest BCUT2D eigenvalue weighted by Gasteiger charge is -2.29. The molecule has 2 N–H and O–H groups in total. The number of benzene rings is 3. The summed E-state index contributed by atoms with van der Waals surface area (Å²) in [4.78, 5) is 72.3. The van der Waals surface area contributed by atoms with E-state index in [1.165, 1.54) is 9.80 Å². The van der Waals surface area contributed by atoms with Crippen LogP contribution in [0, 0.1) is 0 Å². The smallest absolute Gasteiger partial charge is 0.254 e. The number of carbonyl (C=O) groups excluding carboxylic acids is 5. The summed E-state index contributed by atoms with van der Waals surface area (Å²) in [5, 5.41) is 8.24. The number of hydrogen-bond acceptors (Lipinski definition) is 6. The molecule has 2 heterocycles. The van der Waals surface area contributed by atoms with Gasteiger partial charge in [-0.3, -0.25) is 24.0 Å². The van der Waals surface area contributed by atoms with Crippen molar-refractivity contribution in [2.24, 2.45) is 0 Å². The molecule has 3 aromatic rings. The molecule has 3 atom stereocenters. The number of carbonyl (C=O) groups is 5. The van der Waals surface area contributed by atoms with E-state index in [1.54, 1.807) is 36.8 Å². The van der Waals surface area contributed by atoms with Crippen LogP contribution in [0.15, 0.2) is 71.6 Å². The minimum absolute atomic E-state index is 0.0144. The van der Waals surface area contributed by atoms with Crippen molar-refractivity contribution in [3.05, 3.63) is 77.9 Å². The van der Waals surface area contributed by atoms with Gasteiger partial charge in [-0.05, 0) is 59.9 Å². The normalized spacial score (nSPS) is 20.9. The van der Waals surface area contributed by atoms with E-state index in [0.717, 1.165) is 34.1 Å². The van der Waals surface area contributed by atoms with Crippen molar-refractivity contribution in [3.8, 4) is 0 Å². The summed E-state index contributed by atoms with van der Waals surface area (Å²) in [5.74, 6) is -0.593. The molecule has 48 heavy (non-hydrogen) atoms. The Morgan fingerprint density at radius 2 is 1.73 bits per heavy atom. The average molecular weight is 672 g/mol. The topological polar surface area (TPSA) is 119 Å². The van der Waals surface area contributed by atoms with E-state index in [1.807, 2.05) is 67.6 Å². The summed E-state index contributed by atoms with van der Waals surface area (Å²) in [6, 6.07) is 20.0. The van der Waals surface area contributed by atoms with Crippen LogP contribution < -0.4 is 10.6 Å². The second-order valence-corrected chi connectivity index (χ2v) is 13.9. The summed E-state index contributed by atoms with van der Waals surface area (Å²) >= 11 is 1.54. The first-order valence-corrected chi connectivity index (χ1v) is 17.7. The third-order valence-electron chi connectivity index (χ3n) is 9.18. The maximum Gasteiger partial charge on any atom is 0.254 e. The molecule has 0 aliphatic carbocycles. The number of thioether (sulfide) groups is 1. The summed E-state index contributed by atoms with van der Waals surface area (Å²) < 4.78 is 0. The zero-order chi connectivity index (χ0) is 34.2. The average Bonchev–Trinajstić information content (AvgIpc) is 3.50. The highest BCUT2D eigenvalue weighted by atomic mass is 32.2. The Bertz CT molecular complexity index is 1660. The van der Waals surface area contributed by atoms with Crippen molar-refractivity contribution < 1.29 is 24.0 Å². The number of fused-ring (bicyclic) bond motifs is 4. The molecule has 2 aliphatic heterocycles. The van der Waals surface area contributed by atoms with Crippen LogP contribution in [0.5, 0.6) is 0 Å². The van der Waals surface area contributed by atoms with Gasteiger partial charge in [-0.25, -0.2) is 0 Å². The van der Waals surface area contributed by atoms with Gasteiger partial charge in [0.2, 0.25) is 23.6 Å². The Hall–Kier alpha value is -4.38. The van der Waals surface area contributed by atoms with E-state index in [2.05, 4.69) is 10.6 Å². The first-order valence-electron chi connectivity index (χ1n) is 16.7. The van der Waals surface area contributed by atoms with Crippen LogP contribution in [0.3, 0.4) is 0 Å². The van der Waals surface area contributed by atoms with Crippen molar-refractivity contribution >= 4 is 52.1 Å². The lowest BCUT2D eigenvalue weighted by molar-refractivity contribution is -0.140. The molecule has 3 aromatic carbocycles. The summed E-state index contributed by atoms with van der Waals surface area (Å²) in [7, 11) is 3.18. The third-order valence-corrected chi connectivity index (χ3v) is 10.3. The predicted octanol–water partition coefficient (Wildman–Crippen LogP) is 4.22. The van der Waals surface area contributed by atoms with Crippen molar-refractivity contribution in [2.75, 3.05) is 32.9 Å². The third kappa shape index (κ3) is 8.74. The monoisotopic (exact) mass is 671 g/mol. The second-order valence-electron chi connectivity index (χ2n) is 12.8. The second kappa shape index (κ2) is 16.1. The maximum atomic E-state index is 13.8. The molecule has 0 saturated carbocycles. The Morgan fingerprint density at radius 1 is 0.938 bits per heavy atom. The van der Waals surface area contributed by atoms with Gasteiger partial charge < -0.3 is 25.3 Å². The molecule has 2 bridgehead atoms. The van der Waals surface area contributed by atoms with Gasteiger partial charge in [0.25, 0.3) is 5.91 Å². The molecule has 0 unspecified atom stereocenters. The number of likely N-dealkylation sites (N-methyl/N-ethyl adjacent to an activating group) is 2. The lowest BCUT2D eigenvalue weighted by atomic mass is 10.1. The van der Waals surface area contributed by atoms with Gasteiger partial charge >= 0.3 is 0 Å². The molecule has 1 saturated heterocycles. The number of nitrogens with zero attached hydrogens (tertiary/aromatic N) is 3. The molecule has 10 nitrogen and oxygen atoms in total. The lowest BCUT2D eigenvalue weighted by Crippen LogP contribution is -2.48. The van der Waals surface area contributed by atoms with Crippen molar-refractivity contribution in [2.45, 2.75) is 75.0 Å². The van der Waals surface area contributed by atoms with E-state index in [9.17, 15) is 24.0 Å². The Balaban J connectivity index is 1.34. The molecule has 5 amide bonds. The highest BCUT2D eigenvalue weighted by Gasteiger charge is 2.37. The molecule has 0 spiro atoms. The first-order chi connectivity index (χ1) is 23.1.